The van der Waals surface area contributed by atoms with Crippen molar-refractivity contribution in [1.82, 2.24) is 9.80 Å². The lowest BCUT2D eigenvalue weighted by Crippen LogP contribution is -2.37. The molecule has 0 unspecified atom stereocenters. The summed E-state index contributed by atoms with van der Waals surface area (Å²) in [4.78, 5) is 4.99. The third-order valence-electron chi connectivity index (χ3n) is 5.36. The van der Waals surface area contributed by atoms with Crippen LogP contribution < -0.4 is 4.74 Å². The van der Waals surface area contributed by atoms with Crippen molar-refractivity contribution in [3.63, 3.8) is 0 Å². The van der Waals surface area contributed by atoms with Crippen molar-refractivity contribution in [2.24, 2.45) is 0 Å². The third kappa shape index (κ3) is 4.18. The number of hydrogen-bond acceptors (Lipinski definition) is 5. The van der Waals surface area contributed by atoms with Gasteiger partial charge in [0.05, 0.1) is 33.5 Å². The SMILES string of the molecule is COc1ccc2cc(CN3CCOCC3)c(CN3CCOCC3)cc2c1. The van der Waals surface area contributed by atoms with Gasteiger partial charge >= 0.3 is 0 Å². The molecule has 0 aromatic heterocycles. The van der Waals surface area contributed by atoms with Gasteiger partial charge in [0, 0.05) is 39.3 Å². The molecule has 140 valence electrons. The van der Waals surface area contributed by atoms with E-state index in [1.807, 2.05) is 6.07 Å². The maximum atomic E-state index is 5.51. The third-order valence-corrected chi connectivity index (χ3v) is 5.36. The van der Waals surface area contributed by atoms with Crippen LogP contribution in [0.5, 0.6) is 5.75 Å². The molecule has 26 heavy (non-hydrogen) atoms. The van der Waals surface area contributed by atoms with Crippen LogP contribution in [0.15, 0.2) is 30.3 Å². The summed E-state index contributed by atoms with van der Waals surface area (Å²) in [5.41, 5.74) is 2.84. The summed E-state index contributed by atoms with van der Waals surface area (Å²) in [6, 6.07) is 11.1. The zero-order chi connectivity index (χ0) is 17.8. The van der Waals surface area contributed by atoms with Gasteiger partial charge in [0.1, 0.15) is 5.75 Å². The second-order valence-electron chi connectivity index (χ2n) is 7.11. The Bertz CT molecular complexity index is 737. The summed E-state index contributed by atoms with van der Waals surface area (Å²) >= 11 is 0. The van der Waals surface area contributed by atoms with E-state index in [2.05, 4.69) is 34.1 Å². The van der Waals surface area contributed by atoms with Gasteiger partial charge in [-0.2, -0.15) is 0 Å². The molecule has 5 nitrogen and oxygen atoms in total. The van der Waals surface area contributed by atoms with Crippen molar-refractivity contribution in [2.75, 3.05) is 59.7 Å². The molecule has 0 radical (unpaired) electrons. The van der Waals surface area contributed by atoms with E-state index >= 15 is 0 Å². The molecular weight excluding hydrogens is 328 g/mol. The molecule has 0 bridgehead atoms. The molecule has 2 aliphatic heterocycles. The zero-order valence-corrected chi connectivity index (χ0v) is 15.6. The van der Waals surface area contributed by atoms with Crippen molar-refractivity contribution in [3.8, 4) is 5.75 Å². The minimum Gasteiger partial charge on any atom is -0.497 e. The van der Waals surface area contributed by atoms with E-state index < -0.39 is 0 Å². The summed E-state index contributed by atoms with van der Waals surface area (Å²) in [5.74, 6) is 0.913. The van der Waals surface area contributed by atoms with Crippen LogP contribution in [0, 0.1) is 0 Å². The van der Waals surface area contributed by atoms with Crippen LogP contribution in [0.3, 0.4) is 0 Å². The Kier molecular flexibility index (Phi) is 5.70. The second kappa shape index (κ2) is 8.35. The second-order valence-corrected chi connectivity index (χ2v) is 7.11. The highest BCUT2D eigenvalue weighted by Crippen LogP contribution is 2.26. The Balaban J connectivity index is 1.64. The molecule has 0 amide bonds. The Labute approximate surface area is 155 Å². The quantitative estimate of drug-likeness (QED) is 0.822. The summed E-state index contributed by atoms with van der Waals surface area (Å²) in [7, 11) is 1.72. The zero-order valence-electron chi connectivity index (χ0n) is 15.6. The molecule has 0 saturated carbocycles. The minimum absolute atomic E-state index is 0.834. The largest absolute Gasteiger partial charge is 0.497 e. The van der Waals surface area contributed by atoms with Gasteiger partial charge < -0.3 is 14.2 Å². The van der Waals surface area contributed by atoms with Crippen LogP contribution in [-0.4, -0.2) is 69.5 Å². The van der Waals surface area contributed by atoms with E-state index in [4.69, 9.17) is 14.2 Å². The predicted octanol–water partition coefficient (Wildman–Crippen LogP) is 2.51. The van der Waals surface area contributed by atoms with Crippen LogP contribution in [0.1, 0.15) is 11.1 Å². The number of morpholine rings is 2. The van der Waals surface area contributed by atoms with E-state index in [9.17, 15) is 0 Å². The Morgan fingerprint density at radius 2 is 1.31 bits per heavy atom. The van der Waals surface area contributed by atoms with Crippen LogP contribution >= 0.6 is 0 Å². The highest BCUT2D eigenvalue weighted by Gasteiger charge is 2.17. The Hall–Kier alpha value is -1.66. The molecule has 4 rings (SSSR count). The van der Waals surface area contributed by atoms with E-state index in [0.717, 1.165) is 71.4 Å². The van der Waals surface area contributed by atoms with Crippen molar-refractivity contribution in [1.29, 1.82) is 0 Å². The van der Waals surface area contributed by atoms with Crippen LogP contribution in [0.25, 0.3) is 10.8 Å². The number of benzene rings is 2. The first-order valence-electron chi connectivity index (χ1n) is 9.51. The number of rotatable bonds is 5. The summed E-state index contributed by atoms with van der Waals surface area (Å²) in [6.45, 7) is 9.35. The van der Waals surface area contributed by atoms with E-state index in [-0.39, 0.29) is 0 Å². The van der Waals surface area contributed by atoms with E-state index in [1.54, 1.807) is 7.11 Å². The molecule has 2 fully saturated rings. The fourth-order valence-corrected chi connectivity index (χ4v) is 3.79. The summed E-state index contributed by atoms with van der Waals surface area (Å²) in [6.07, 6.45) is 0. The number of ether oxygens (including phenoxy) is 3. The first kappa shape index (κ1) is 17.7. The summed E-state index contributed by atoms with van der Waals surface area (Å²) in [5, 5.41) is 2.53. The molecule has 2 saturated heterocycles. The fraction of sp³-hybridized carbons (Fsp3) is 0.524. The normalized spacial score (nSPS) is 19.7. The number of fused-ring (bicyclic) bond motifs is 1. The monoisotopic (exact) mass is 356 g/mol. The van der Waals surface area contributed by atoms with Crippen LogP contribution in [-0.2, 0) is 22.6 Å². The molecule has 0 atom stereocenters. The molecular formula is C21H28N2O3. The maximum absolute atomic E-state index is 5.51. The number of hydrogen-bond donors (Lipinski definition) is 0. The fourth-order valence-electron chi connectivity index (χ4n) is 3.79. The van der Waals surface area contributed by atoms with Gasteiger partial charge in [-0.15, -0.1) is 0 Å². The van der Waals surface area contributed by atoms with Crippen LogP contribution in [0.4, 0.5) is 0 Å². The van der Waals surface area contributed by atoms with Crippen LogP contribution in [0.2, 0.25) is 0 Å². The molecule has 5 heteroatoms. The lowest BCUT2D eigenvalue weighted by atomic mass is 9.99. The topological polar surface area (TPSA) is 34.2 Å². The maximum Gasteiger partial charge on any atom is 0.119 e. The van der Waals surface area contributed by atoms with Gasteiger partial charge in [-0.1, -0.05) is 6.07 Å². The first-order valence-corrected chi connectivity index (χ1v) is 9.51. The minimum atomic E-state index is 0.834. The standard InChI is InChI=1S/C21H28N2O3/c1-24-21-3-2-17-12-19(15-22-4-8-25-9-5-22)20(13-18(17)14-21)16-23-6-10-26-11-7-23/h2-3,12-14H,4-11,15-16H2,1H3. The van der Waals surface area contributed by atoms with Gasteiger partial charge in [-0.25, -0.2) is 0 Å². The highest BCUT2D eigenvalue weighted by atomic mass is 16.5. The number of nitrogens with zero attached hydrogens (tertiary/aromatic N) is 2. The molecule has 0 aliphatic carbocycles. The molecule has 0 N–H and O–H groups in total. The Morgan fingerprint density at radius 3 is 1.85 bits per heavy atom. The van der Waals surface area contributed by atoms with Crippen molar-refractivity contribution < 1.29 is 14.2 Å². The van der Waals surface area contributed by atoms with Gasteiger partial charge in [0.2, 0.25) is 0 Å². The van der Waals surface area contributed by atoms with Crippen molar-refractivity contribution >= 4 is 10.8 Å². The molecule has 0 spiro atoms. The van der Waals surface area contributed by atoms with Gasteiger partial charge in [-0.05, 0) is 46.2 Å². The van der Waals surface area contributed by atoms with E-state index in [1.165, 1.54) is 21.9 Å². The predicted molar refractivity (Wildman–Crippen MR) is 103 cm³/mol. The summed E-state index contributed by atoms with van der Waals surface area (Å²) < 4.78 is 16.4. The van der Waals surface area contributed by atoms with Gasteiger partial charge in [0.25, 0.3) is 0 Å². The first-order chi connectivity index (χ1) is 12.8. The molecule has 2 aromatic carbocycles. The van der Waals surface area contributed by atoms with Crippen molar-refractivity contribution in [2.45, 2.75) is 13.1 Å². The molecule has 2 aromatic rings. The smallest absolute Gasteiger partial charge is 0.119 e. The molecule has 2 heterocycles. The average molecular weight is 356 g/mol. The highest BCUT2D eigenvalue weighted by molar-refractivity contribution is 5.85. The number of methoxy groups -OCH3 is 1. The Morgan fingerprint density at radius 1 is 0.769 bits per heavy atom. The van der Waals surface area contributed by atoms with Gasteiger partial charge in [0.15, 0.2) is 0 Å². The van der Waals surface area contributed by atoms with Crippen molar-refractivity contribution in [3.05, 3.63) is 41.5 Å². The lowest BCUT2D eigenvalue weighted by molar-refractivity contribution is 0.0309. The van der Waals surface area contributed by atoms with Gasteiger partial charge in [-0.3, -0.25) is 9.80 Å². The average Bonchev–Trinajstić information content (AvgIpc) is 2.69. The molecule has 2 aliphatic rings. The van der Waals surface area contributed by atoms with E-state index in [0.29, 0.717) is 0 Å². The lowest BCUT2D eigenvalue weighted by Gasteiger charge is -2.30.